The number of nitrogen functional groups attached to an aromatic ring is 1. The summed E-state index contributed by atoms with van der Waals surface area (Å²) in [7, 11) is 0. The van der Waals surface area contributed by atoms with Crippen LogP contribution in [0.2, 0.25) is 5.15 Å². The van der Waals surface area contributed by atoms with Gasteiger partial charge in [-0.2, -0.15) is 13.2 Å². The Labute approximate surface area is 110 Å². The largest absolute Gasteiger partial charge is 0.416 e. The molecule has 2 rings (SSSR count). The molecule has 0 fully saturated rings. The molecule has 0 unspecified atom stereocenters. The van der Waals surface area contributed by atoms with Crippen LogP contribution in [0.1, 0.15) is 5.56 Å². The van der Waals surface area contributed by atoms with Crippen LogP contribution in [0.15, 0.2) is 30.5 Å². The number of rotatable bonds is 1. The topological polar surface area (TPSA) is 38.9 Å². The molecular formula is C12H7ClF4N2. The minimum absolute atomic E-state index is 0.0165. The Morgan fingerprint density at radius 2 is 1.79 bits per heavy atom. The molecule has 7 heteroatoms. The molecule has 0 atom stereocenters. The van der Waals surface area contributed by atoms with Gasteiger partial charge in [-0.1, -0.05) is 17.7 Å². The molecule has 2 N–H and O–H groups in total. The molecule has 100 valence electrons. The van der Waals surface area contributed by atoms with Gasteiger partial charge in [0.25, 0.3) is 0 Å². The van der Waals surface area contributed by atoms with E-state index in [-0.39, 0.29) is 22.0 Å². The van der Waals surface area contributed by atoms with E-state index in [0.717, 1.165) is 12.1 Å². The summed E-state index contributed by atoms with van der Waals surface area (Å²) in [5, 5.41) is -0.0307. The fourth-order valence-electron chi connectivity index (χ4n) is 1.59. The van der Waals surface area contributed by atoms with Gasteiger partial charge in [0.1, 0.15) is 5.82 Å². The van der Waals surface area contributed by atoms with Crippen molar-refractivity contribution < 1.29 is 17.6 Å². The van der Waals surface area contributed by atoms with Crippen LogP contribution >= 0.6 is 11.6 Å². The molecule has 1 aromatic carbocycles. The zero-order valence-corrected chi connectivity index (χ0v) is 10.1. The van der Waals surface area contributed by atoms with Gasteiger partial charge in [-0.15, -0.1) is 0 Å². The minimum atomic E-state index is -4.60. The van der Waals surface area contributed by atoms with E-state index in [2.05, 4.69) is 4.98 Å². The molecule has 0 saturated heterocycles. The number of nitrogens with zero attached hydrogens (tertiary/aromatic N) is 1. The van der Waals surface area contributed by atoms with Gasteiger partial charge in [-0.25, -0.2) is 9.37 Å². The standard InChI is InChI=1S/C12H7ClF4N2/c13-11-10(18)8(3-4-19-11)7-2-1-6(5-9(7)14)12(15,16)17/h1-5H,18H2. The third-order valence-electron chi connectivity index (χ3n) is 2.53. The zero-order valence-electron chi connectivity index (χ0n) is 9.30. The highest BCUT2D eigenvalue weighted by molar-refractivity contribution is 6.32. The molecule has 0 saturated carbocycles. The van der Waals surface area contributed by atoms with Gasteiger partial charge >= 0.3 is 6.18 Å². The predicted molar refractivity (Wildman–Crippen MR) is 64.1 cm³/mol. The van der Waals surface area contributed by atoms with E-state index in [1.165, 1.54) is 12.3 Å². The van der Waals surface area contributed by atoms with Gasteiger partial charge < -0.3 is 5.73 Å². The third-order valence-corrected chi connectivity index (χ3v) is 2.83. The summed E-state index contributed by atoms with van der Waals surface area (Å²) in [5.74, 6) is -1.02. The number of hydrogen-bond donors (Lipinski definition) is 1. The highest BCUT2D eigenvalue weighted by Gasteiger charge is 2.31. The lowest BCUT2D eigenvalue weighted by Crippen LogP contribution is -2.05. The second kappa shape index (κ2) is 4.70. The zero-order chi connectivity index (χ0) is 14.2. The number of nitrogens with two attached hydrogens (primary N) is 1. The highest BCUT2D eigenvalue weighted by Crippen LogP contribution is 2.35. The summed E-state index contributed by atoms with van der Waals surface area (Å²) in [6.07, 6.45) is -3.30. The number of anilines is 1. The molecule has 19 heavy (non-hydrogen) atoms. The molecule has 2 nitrogen and oxygen atoms in total. The monoisotopic (exact) mass is 290 g/mol. The van der Waals surface area contributed by atoms with Crippen LogP contribution in [-0.4, -0.2) is 4.98 Å². The Bertz CT molecular complexity index is 626. The van der Waals surface area contributed by atoms with Crippen molar-refractivity contribution in [2.24, 2.45) is 0 Å². The second-order valence-electron chi connectivity index (χ2n) is 3.76. The van der Waals surface area contributed by atoms with Crippen molar-refractivity contribution in [3.05, 3.63) is 47.0 Å². The summed E-state index contributed by atoms with van der Waals surface area (Å²) in [6.45, 7) is 0. The Morgan fingerprint density at radius 3 is 2.37 bits per heavy atom. The molecule has 0 radical (unpaired) electrons. The molecule has 0 bridgehead atoms. The Balaban J connectivity index is 2.56. The number of pyridine rings is 1. The number of aromatic nitrogens is 1. The van der Waals surface area contributed by atoms with Gasteiger partial charge in [-0.3, -0.25) is 0 Å². The molecule has 0 aliphatic heterocycles. The average molecular weight is 291 g/mol. The molecule has 0 aliphatic carbocycles. The van der Waals surface area contributed by atoms with Gasteiger partial charge in [0.05, 0.1) is 11.3 Å². The first kappa shape index (κ1) is 13.6. The average Bonchev–Trinajstić information content (AvgIpc) is 2.32. The van der Waals surface area contributed by atoms with Crippen molar-refractivity contribution in [1.29, 1.82) is 0 Å². The maximum atomic E-state index is 13.8. The van der Waals surface area contributed by atoms with Crippen LogP contribution in [0.4, 0.5) is 23.2 Å². The third kappa shape index (κ3) is 2.63. The lowest BCUT2D eigenvalue weighted by atomic mass is 10.0. The Morgan fingerprint density at radius 1 is 1.11 bits per heavy atom. The maximum absolute atomic E-state index is 13.8. The number of hydrogen-bond acceptors (Lipinski definition) is 2. The van der Waals surface area contributed by atoms with Gasteiger partial charge in [-0.05, 0) is 18.2 Å². The van der Waals surface area contributed by atoms with Crippen molar-refractivity contribution in [3.8, 4) is 11.1 Å². The smallest absolute Gasteiger partial charge is 0.396 e. The lowest BCUT2D eigenvalue weighted by molar-refractivity contribution is -0.137. The van der Waals surface area contributed by atoms with Crippen molar-refractivity contribution in [2.75, 3.05) is 5.73 Å². The van der Waals surface area contributed by atoms with Gasteiger partial charge in [0, 0.05) is 17.3 Å². The SMILES string of the molecule is Nc1c(-c2ccc(C(F)(F)F)cc2F)ccnc1Cl. The predicted octanol–water partition coefficient (Wildman–Crippen LogP) is 4.14. The fourth-order valence-corrected chi connectivity index (χ4v) is 1.75. The molecule has 0 spiro atoms. The lowest BCUT2D eigenvalue weighted by Gasteiger charge is -2.11. The first-order chi connectivity index (χ1) is 8.80. The molecule has 2 aromatic rings. The van der Waals surface area contributed by atoms with Crippen molar-refractivity contribution in [2.45, 2.75) is 6.18 Å². The summed E-state index contributed by atoms with van der Waals surface area (Å²) in [6, 6.07) is 3.60. The summed E-state index contributed by atoms with van der Waals surface area (Å²) in [5.41, 5.74) is 4.72. The van der Waals surface area contributed by atoms with Crippen LogP contribution in [0, 0.1) is 5.82 Å². The first-order valence-corrected chi connectivity index (χ1v) is 5.45. The highest BCUT2D eigenvalue weighted by atomic mass is 35.5. The molecule has 1 aromatic heterocycles. The summed E-state index contributed by atoms with van der Waals surface area (Å²) >= 11 is 5.68. The van der Waals surface area contributed by atoms with E-state index in [1.807, 2.05) is 0 Å². The molecule has 1 heterocycles. The molecular weight excluding hydrogens is 284 g/mol. The first-order valence-electron chi connectivity index (χ1n) is 5.08. The number of alkyl halides is 3. The maximum Gasteiger partial charge on any atom is 0.416 e. The van der Waals surface area contributed by atoms with Gasteiger partial charge in [0.15, 0.2) is 5.15 Å². The van der Waals surface area contributed by atoms with E-state index in [4.69, 9.17) is 17.3 Å². The summed E-state index contributed by atoms with van der Waals surface area (Å²) in [4.78, 5) is 3.69. The number of halogens is 5. The van der Waals surface area contributed by atoms with Gasteiger partial charge in [0.2, 0.25) is 0 Å². The van der Waals surface area contributed by atoms with E-state index >= 15 is 0 Å². The normalized spacial score (nSPS) is 11.6. The van der Waals surface area contributed by atoms with Crippen molar-refractivity contribution in [1.82, 2.24) is 4.98 Å². The van der Waals surface area contributed by atoms with Crippen LogP contribution in [0.25, 0.3) is 11.1 Å². The Hall–Kier alpha value is -1.82. The van der Waals surface area contributed by atoms with Crippen LogP contribution in [0.3, 0.4) is 0 Å². The van der Waals surface area contributed by atoms with E-state index in [0.29, 0.717) is 6.07 Å². The molecule has 0 aliphatic rings. The van der Waals surface area contributed by atoms with Crippen LogP contribution in [-0.2, 0) is 6.18 Å². The van der Waals surface area contributed by atoms with E-state index in [1.54, 1.807) is 0 Å². The van der Waals surface area contributed by atoms with E-state index in [9.17, 15) is 17.6 Å². The van der Waals surface area contributed by atoms with Crippen molar-refractivity contribution in [3.63, 3.8) is 0 Å². The fraction of sp³-hybridized carbons (Fsp3) is 0.0833. The minimum Gasteiger partial charge on any atom is -0.396 e. The number of benzene rings is 1. The van der Waals surface area contributed by atoms with Crippen LogP contribution < -0.4 is 5.73 Å². The summed E-state index contributed by atoms with van der Waals surface area (Å²) < 4.78 is 51.0. The molecule has 0 amide bonds. The second-order valence-corrected chi connectivity index (χ2v) is 4.11. The quantitative estimate of drug-likeness (QED) is 0.633. The van der Waals surface area contributed by atoms with Crippen molar-refractivity contribution >= 4 is 17.3 Å². The van der Waals surface area contributed by atoms with Crippen LogP contribution in [0.5, 0.6) is 0 Å². The Kier molecular flexibility index (Phi) is 3.36. The van der Waals surface area contributed by atoms with E-state index < -0.39 is 17.6 Å².